The fourth-order valence-electron chi connectivity index (χ4n) is 6.22. The molecule has 2 aliphatic rings. The van der Waals surface area contributed by atoms with E-state index in [2.05, 4.69) is 44.2 Å². The molecule has 2 fully saturated rings. The number of fused-ring (bicyclic) bond motifs is 1. The number of rotatable bonds is 8. The van der Waals surface area contributed by atoms with Crippen molar-refractivity contribution in [1.29, 1.82) is 5.26 Å². The first-order valence-electron chi connectivity index (χ1n) is 14.8. The first-order valence-corrected chi connectivity index (χ1v) is 15.6. The third-order valence-electron chi connectivity index (χ3n) is 8.77. The minimum Gasteiger partial charge on any atom is -0.496 e. The average Bonchev–Trinajstić information content (AvgIpc) is 3.50. The number of anilines is 2. The van der Waals surface area contributed by atoms with Gasteiger partial charge in [-0.2, -0.15) is 5.26 Å². The summed E-state index contributed by atoms with van der Waals surface area (Å²) >= 11 is 12.7. The molecule has 44 heavy (non-hydrogen) atoms. The highest BCUT2D eigenvalue weighted by Crippen LogP contribution is 2.41. The lowest BCUT2D eigenvalue weighted by molar-refractivity contribution is 0.0593. The summed E-state index contributed by atoms with van der Waals surface area (Å²) in [5.41, 5.74) is 3.92. The summed E-state index contributed by atoms with van der Waals surface area (Å²) in [7, 11) is 5.38. The van der Waals surface area contributed by atoms with Crippen LogP contribution < -0.4 is 14.8 Å². The van der Waals surface area contributed by atoms with Crippen LogP contribution in [0.1, 0.15) is 24.2 Å². The normalized spacial score (nSPS) is 17.1. The van der Waals surface area contributed by atoms with E-state index in [4.69, 9.17) is 37.1 Å². The Morgan fingerprint density at radius 2 is 1.73 bits per heavy atom. The standard InChI is InChI=1S/C33H36Cl2N6O3/c1-39-6-4-23(5-7-39)41-10-8-40(9-11-41)19-24-12-21(20-44-24)25-13-29-26(14-31(25)42-2)33(22(17-36)18-37-29)38-30-16-32(43-3)28(35)15-27(30)34/h12-16,18,20,23H,4-11,19H2,1-3H3,(H,37,38). The van der Waals surface area contributed by atoms with Crippen LogP contribution in [-0.4, -0.2) is 86.3 Å². The lowest BCUT2D eigenvalue weighted by atomic mass is 10.0. The van der Waals surface area contributed by atoms with Gasteiger partial charge in [0.25, 0.3) is 0 Å². The molecule has 2 aliphatic heterocycles. The summed E-state index contributed by atoms with van der Waals surface area (Å²) in [6.07, 6.45) is 5.85. The average molecular weight is 636 g/mol. The van der Waals surface area contributed by atoms with E-state index in [1.807, 2.05) is 12.1 Å². The predicted molar refractivity (Wildman–Crippen MR) is 174 cm³/mol. The number of likely N-dealkylation sites (tertiary alicyclic amines) is 1. The number of nitriles is 1. The highest BCUT2D eigenvalue weighted by Gasteiger charge is 2.27. The van der Waals surface area contributed by atoms with Crippen LogP contribution >= 0.6 is 23.2 Å². The molecular formula is C33H36Cl2N6O3. The smallest absolute Gasteiger partial charge is 0.139 e. The maximum absolute atomic E-state index is 9.90. The summed E-state index contributed by atoms with van der Waals surface area (Å²) in [5, 5.41) is 14.7. The van der Waals surface area contributed by atoms with E-state index in [0.29, 0.717) is 55.4 Å². The van der Waals surface area contributed by atoms with Crippen molar-refractivity contribution in [2.45, 2.75) is 25.4 Å². The van der Waals surface area contributed by atoms with E-state index in [-0.39, 0.29) is 0 Å². The van der Waals surface area contributed by atoms with Gasteiger partial charge >= 0.3 is 0 Å². The van der Waals surface area contributed by atoms with Crippen LogP contribution in [0.4, 0.5) is 11.4 Å². The number of halogens is 2. The number of ether oxygens (including phenoxy) is 2. The number of furan rings is 1. The zero-order valence-corrected chi connectivity index (χ0v) is 26.7. The molecule has 2 aromatic carbocycles. The summed E-state index contributed by atoms with van der Waals surface area (Å²) in [6.45, 7) is 7.41. The van der Waals surface area contributed by atoms with Gasteiger partial charge in [0.2, 0.25) is 0 Å². The van der Waals surface area contributed by atoms with Crippen molar-refractivity contribution in [1.82, 2.24) is 19.7 Å². The lowest BCUT2D eigenvalue weighted by Crippen LogP contribution is -2.52. The van der Waals surface area contributed by atoms with Gasteiger partial charge in [0.15, 0.2) is 0 Å². The Bertz CT molecular complexity index is 1690. The number of nitrogens with one attached hydrogen (secondary N) is 1. The largest absolute Gasteiger partial charge is 0.496 e. The van der Waals surface area contributed by atoms with Gasteiger partial charge in [-0.3, -0.25) is 14.8 Å². The van der Waals surface area contributed by atoms with Crippen LogP contribution in [0.15, 0.2) is 47.2 Å². The first kappa shape index (κ1) is 30.5. The number of piperazine rings is 1. The minimum absolute atomic E-state index is 0.360. The van der Waals surface area contributed by atoms with Crippen LogP contribution in [0.3, 0.4) is 0 Å². The lowest BCUT2D eigenvalue weighted by Gasteiger charge is -2.42. The summed E-state index contributed by atoms with van der Waals surface area (Å²) in [5.74, 6) is 2.01. The molecular weight excluding hydrogens is 599 g/mol. The SMILES string of the molecule is COc1cc(Nc2c(C#N)cnc3cc(-c4coc(CN5CCN(C6CCN(C)CC6)CC5)c4)c(OC)cc23)c(Cl)cc1Cl. The van der Waals surface area contributed by atoms with E-state index in [0.717, 1.165) is 49.6 Å². The van der Waals surface area contributed by atoms with E-state index in [1.54, 1.807) is 31.7 Å². The fraction of sp³-hybridized carbons (Fsp3) is 0.394. The molecule has 0 radical (unpaired) electrons. The molecule has 0 spiro atoms. The molecule has 1 N–H and O–H groups in total. The number of nitrogens with zero attached hydrogens (tertiary/aromatic N) is 5. The van der Waals surface area contributed by atoms with Gasteiger partial charge in [-0.1, -0.05) is 23.2 Å². The quantitative estimate of drug-likeness (QED) is 0.229. The third kappa shape index (κ3) is 6.32. The number of piperidine rings is 1. The zero-order valence-electron chi connectivity index (χ0n) is 25.2. The van der Waals surface area contributed by atoms with Gasteiger partial charge in [-0.05, 0) is 57.2 Å². The molecule has 0 atom stereocenters. The second-order valence-corrected chi connectivity index (χ2v) is 12.3. The molecule has 0 unspecified atom stereocenters. The van der Waals surface area contributed by atoms with Crippen molar-refractivity contribution >= 4 is 45.5 Å². The fourth-order valence-corrected chi connectivity index (χ4v) is 6.73. The third-order valence-corrected chi connectivity index (χ3v) is 9.37. The van der Waals surface area contributed by atoms with Crippen LogP contribution in [0.2, 0.25) is 10.0 Å². The number of pyridine rings is 1. The summed E-state index contributed by atoms with van der Waals surface area (Å²) in [4.78, 5) is 12.2. The molecule has 11 heteroatoms. The first-order chi connectivity index (χ1) is 21.4. The molecule has 4 aromatic rings. The monoisotopic (exact) mass is 634 g/mol. The van der Waals surface area contributed by atoms with Crippen LogP contribution in [0, 0.1) is 11.3 Å². The summed E-state index contributed by atoms with van der Waals surface area (Å²) in [6, 6.07) is 12.2. The van der Waals surface area contributed by atoms with E-state index in [9.17, 15) is 5.26 Å². The maximum atomic E-state index is 9.90. The molecule has 2 saturated heterocycles. The maximum Gasteiger partial charge on any atom is 0.139 e. The topological polar surface area (TPSA) is 90.0 Å². The van der Waals surface area contributed by atoms with Crippen molar-refractivity contribution in [3.8, 4) is 28.7 Å². The number of hydrogen-bond donors (Lipinski definition) is 1. The van der Waals surface area contributed by atoms with E-state index >= 15 is 0 Å². The van der Waals surface area contributed by atoms with Crippen LogP contribution in [0.5, 0.6) is 11.5 Å². The number of aromatic nitrogens is 1. The van der Waals surface area contributed by atoms with E-state index in [1.165, 1.54) is 33.0 Å². The predicted octanol–water partition coefficient (Wildman–Crippen LogP) is 6.65. The molecule has 9 nitrogen and oxygen atoms in total. The van der Waals surface area contributed by atoms with Crippen molar-refractivity contribution < 1.29 is 13.9 Å². The Hall–Kier alpha value is -3.52. The van der Waals surface area contributed by atoms with Crippen molar-refractivity contribution in [2.75, 3.05) is 65.9 Å². The molecule has 2 aromatic heterocycles. The second kappa shape index (κ2) is 13.2. The Morgan fingerprint density at radius 1 is 0.977 bits per heavy atom. The van der Waals surface area contributed by atoms with Gasteiger partial charge < -0.3 is 24.1 Å². The summed E-state index contributed by atoms with van der Waals surface area (Å²) < 4.78 is 17.2. The van der Waals surface area contributed by atoms with Crippen molar-refractivity contribution in [2.24, 2.45) is 0 Å². The van der Waals surface area contributed by atoms with E-state index < -0.39 is 0 Å². The molecule has 6 rings (SSSR count). The Morgan fingerprint density at radius 3 is 2.43 bits per heavy atom. The van der Waals surface area contributed by atoms with Gasteiger partial charge in [0.05, 0.1) is 59.5 Å². The van der Waals surface area contributed by atoms with Crippen LogP contribution in [-0.2, 0) is 6.54 Å². The second-order valence-electron chi connectivity index (χ2n) is 11.5. The number of methoxy groups -OCH3 is 2. The highest BCUT2D eigenvalue weighted by atomic mass is 35.5. The zero-order chi connectivity index (χ0) is 30.8. The Labute approximate surface area is 267 Å². The van der Waals surface area contributed by atoms with Gasteiger partial charge in [-0.25, -0.2) is 0 Å². The van der Waals surface area contributed by atoms with Crippen LogP contribution in [0.25, 0.3) is 22.0 Å². The molecule has 230 valence electrons. The molecule has 0 aliphatic carbocycles. The van der Waals surface area contributed by atoms with Gasteiger partial charge in [0, 0.05) is 61.0 Å². The minimum atomic E-state index is 0.360. The molecule has 0 amide bonds. The number of benzene rings is 2. The molecule has 4 heterocycles. The van der Waals surface area contributed by atoms with Crippen molar-refractivity contribution in [3.63, 3.8) is 0 Å². The Kier molecular flexibility index (Phi) is 9.17. The van der Waals surface area contributed by atoms with Gasteiger partial charge in [-0.15, -0.1) is 0 Å². The van der Waals surface area contributed by atoms with Crippen molar-refractivity contribution in [3.05, 3.63) is 64.2 Å². The highest BCUT2D eigenvalue weighted by molar-refractivity contribution is 6.37. The Balaban J connectivity index is 1.22. The number of hydrogen-bond acceptors (Lipinski definition) is 9. The van der Waals surface area contributed by atoms with Gasteiger partial charge in [0.1, 0.15) is 23.3 Å². The molecule has 0 bridgehead atoms. The molecule has 0 saturated carbocycles.